The van der Waals surface area contributed by atoms with Crippen molar-refractivity contribution in [1.29, 1.82) is 0 Å². The quantitative estimate of drug-likeness (QED) is 0.435. The molecule has 0 saturated heterocycles. The molecule has 2 heterocycles. The van der Waals surface area contributed by atoms with Crippen molar-refractivity contribution in [3.05, 3.63) is 60.2 Å². The third-order valence-corrected chi connectivity index (χ3v) is 4.10. The van der Waals surface area contributed by atoms with Gasteiger partial charge in [-0.15, -0.1) is 5.73 Å². The second-order valence-electron chi connectivity index (χ2n) is 5.79. The molecule has 2 aromatic rings. The lowest BCUT2D eigenvalue weighted by atomic mass is 10.1. The van der Waals surface area contributed by atoms with E-state index in [1.54, 1.807) is 6.92 Å². The summed E-state index contributed by atoms with van der Waals surface area (Å²) in [6, 6.07) is 0. The summed E-state index contributed by atoms with van der Waals surface area (Å²) < 4.78 is 2.18. The maximum Gasteiger partial charge on any atom is 0.274 e. The summed E-state index contributed by atoms with van der Waals surface area (Å²) in [5.74, 6) is -0.490. The summed E-state index contributed by atoms with van der Waals surface area (Å²) in [4.78, 5) is 28.0. The van der Waals surface area contributed by atoms with Crippen molar-refractivity contribution in [3.8, 4) is 5.88 Å². The molecule has 0 aliphatic carbocycles. The summed E-state index contributed by atoms with van der Waals surface area (Å²) in [7, 11) is 0. The number of H-pyrrole nitrogens is 1. The lowest BCUT2D eigenvalue weighted by Gasteiger charge is -2.12. The van der Waals surface area contributed by atoms with Gasteiger partial charge in [-0.25, -0.2) is 4.85 Å². The highest BCUT2D eigenvalue weighted by Crippen LogP contribution is 2.30. The first-order valence-electron chi connectivity index (χ1n) is 8.14. The highest BCUT2D eigenvalue weighted by Gasteiger charge is 2.17. The smallest absolute Gasteiger partial charge is 0.274 e. The summed E-state index contributed by atoms with van der Waals surface area (Å²) in [6.07, 6.45) is 2.74. The molecular formula is C18H20N4O5. The molecule has 0 atom stereocenters. The minimum Gasteiger partial charge on any atom is -0.503 e. The Hall–Kier alpha value is -3.31. The van der Waals surface area contributed by atoms with Crippen LogP contribution in [0.2, 0.25) is 0 Å². The fourth-order valence-electron chi connectivity index (χ4n) is 2.69. The number of hydrogen-bond acceptors (Lipinski definition) is 5. The molecule has 0 saturated carbocycles. The van der Waals surface area contributed by atoms with Crippen LogP contribution in [0.1, 0.15) is 22.4 Å². The number of aromatic nitrogens is 3. The molecule has 0 fully saturated rings. The molecule has 142 valence electrons. The third kappa shape index (κ3) is 3.78. The molecule has 0 radical (unpaired) electrons. The zero-order chi connectivity index (χ0) is 20.1. The maximum absolute atomic E-state index is 12.5. The van der Waals surface area contributed by atoms with Gasteiger partial charge in [0.15, 0.2) is 5.88 Å². The number of rotatable bonds is 6. The predicted octanol–water partition coefficient (Wildman–Crippen LogP) is 0.521. The van der Waals surface area contributed by atoms with Gasteiger partial charge in [-0.3, -0.25) is 23.9 Å². The number of aliphatic hydroxyl groups is 2. The van der Waals surface area contributed by atoms with E-state index in [4.69, 9.17) is 16.8 Å². The Labute approximate surface area is 154 Å². The highest BCUT2D eigenvalue weighted by molar-refractivity contribution is 5.69. The van der Waals surface area contributed by atoms with Crippen LogP contribution in [-0.2, 0) is 13.1 Å². The average molecular weight is 372 g/mol. The number of aromatic amines is 1. The van der Waals surface area contributed by atoms with E-state index >= 15 is 0 Å². The monoisotopic (exact) mass is 372 g/mol. The van der Waals surface area contributed by atoms with Gasteiger partial charge in [-0.2, -0.15) is 0 Å². The summed E-state index contributed by atoms with van der Waals surface area (Å²) in [6.45, 7) is 9.85. The van der Waals surface area contributed by atoms with Crippen LogP contribution in [0.25, 0.3) is 17.0 Å². The van der Waals surface area contributed by atoms with Crippen molar-refractivity contribution in [2.45, 2.75) is 26.9 Å². The Morgan fingerprint density at radius 3 is 2.33 bits per heavy atom. The van der Waals surface area contributed by atoms with Gasteiger partial charge in [0.1, 0.15) is 0 Å². The molecule has 0 aromatic carbocycles. The van der Waals surface area contributed by atoms with Crippen LogP contribution in [0.3, 0.4) is 0 Å². The van der Waals surface area contributed by atoms with Gasteiger partial charge in [0, 0.05) is 11.3 Å². The lowest BCUT2D eigenvalue weighted by molar-refractivity contribution is 0.264. The van der Waals surface area contributed by atoms with E-state index < -0.39 is 11.4 Å². The zero-order valence-electron chi connectivity index (χ0n) is 15.0. The van der Waals surface area contributed by atoms with Crippen LogP contribution in [-0.4, -0.2) is 42.9 Å². The molecule has 4 N–H and O–H groups in total. The van der Waals surface area contributed by atoms with Gasteiger partial charge in [0.2, 0.25) is 5.69 Å². The molecule has 0 aliphatic heterocycles. The standard InChI is InChI=1S/C18H20N4O5/c1-11-13(16(25)21(7-9-23)18(27)15(11)19-3)5-4-6-14-12(2)20-22(8-10-24)17(14)26/h5-6,20,23-24,27H,7-10H2,1-2H3. The Bertz CT molecular complexity index is 1080. The maximum atomic E-state index is 12.5. The minimum atomic E-state index is -0.573. The Morgan fingerprint density at radius 2 is 1.74 bits per heavy atom. The fourth-order valence-corrected chi connectivity index (χ4v) is 2.69. The van der Waals surface area contributed by atoms with Crippen molar-refractivity contribution < 1.29 is 15.3 Å². The molecule has 27 heavy (non-hydrogen) atoms. The normalized spacial score (nSPS) is 10.3. The summed E-state index contributed by atoms with van der Waals surface area (Å²) >= 11 is 0. The van der Waals surface area contributed by atoms with Gasteiger partial charge in [-0.05, 0) is 31.6 Å². The number of aryl methyl sites for hydroxylation is 1. The molecular weight excluding hydrogens is 352 g/mol. The first-order valence-corrected chi connectivity index (χ1v) is 8.14. The molecule has 2 aromatic heterocycles. The van der Waals surface area contributed by atoms with E-state index in [1.807, 2.05) is 0 Å². The highest BCUT2D eigenvalue weighted by atomic mass is 16.3. The van der Waals surface area contributed by atoms with E-state index in [-0.39, 0.29) is 48.7 Å². The number of nitrogens with zero attached hydrogens (tertiary/aromatic N) is 3. The van der Waals surface area contributed by atoms with Crippen LogP contribution in [0.5, 0.6) is 5.88 Å². The first-order chi connectivity index (χ1) is 12.9. The van der Waals surface area contributed by atoms with Gasteiger partial charge < -0.3 is 15.3 Å². The molecule has 9 nitrogen and oxygen atoms in total. The number of nitrogens with one attached hydrogen (secondary N) is 1. The minimum absolute atomic E-state index is 0.0840. The van der Waals surface area contributed by atoms with Crippen LogP contribution >= 0.6 is 0 Å². The Kier molecular flexibility index (Phi) is 6.21. The molecule has 0 bridgehead atoms. The first kappa shape index (κ1) is 20.0. The average Bonchev–Trinajstić information content (AvgIpc) is 2.89. The number of pyridine rings is 1. The van der Waals surface area contributed by atoms with Crippen LogP contribution in [0.4, 0.5) is 5.69 Å². The van der Waals surface area contributed by atoms with E-state index in [0.717, 1.165) is 4.57 Å². The second kappa shape index (κ2) is 8.38. The van der Waals surface area contributed by atoms with E-state index in [0.29, 0.717) is 11.3 Å². The second-order valence-corrected chi connectivity index (χ2v) is 5.79. The zero-order valence-corrected chi connectivity index (χ0v) is 15.0. The number of aromatic hydroxyl groups is 1. The van der Waals surface area contributed by atoms with Crippen molar-refractivity contribution in [2.75, 3.05) is 13.2 Å². The van der Waals surface area contributed by atoms with Crippen LogP contribution in [0, 0.1) is 20.4 Å². The van der Waals surface area contributed by atoms with Crippen LogP contribution < -0.4 is 11.1 Å². The van der Waals surface area contributed by atoms with Crippen molar-refractivity contribution >= 4 is 17.8 Å². The van der Waals surface area contributed by atoms with Gasteiger partial charge in [0.25, 0.3) is 11.1 Å². The number of hydrogen-bond donors (Lipinski definition) is 4. The molecule has 0 unspecified atom stereocenters. The molecule has 0 amide bonds. The molecule has 9 heteroatoms. The van der Waals surface area contributed by atoms with Crippen molar-refractivity contribution in [1.82, 2.24) is 14.3 Å². The summed E-state index contributed by atoms with van der Waals surface area (Å²) in [5, 5.41) is 30.9. The molecule has 0 aliphatic rings. The van der Waals surface area contributed by atoms with Gasteiger partial charge in [-0.1, -0.05) is 0 Å². The number of aliphatic hydroxyl groups excluding tert-OH is 2. The Morgan fingerprint density at radius 1 is 1.11 bits per heavy atom. The van der Waals surface area contributed by atoms with Gasteiger partial charge in [0.05, 0.1) is 38.4 Å². The van der Waals surface area contributed by atoms with E-state index in [2.05, 4.69) is 15.7 Å². The van der Waals surface area contributed by atoms with E-state index in [9.17, 15) is 14.7 Å². The van der Waals surface area contributed by atoms with Crippen LogP contribution in [0.15, 0.2) is 15.3 Å². The third-order valence-electron chi connectivity index (χ3n) is 4.10. The topological polar surface area (TPSA) is 125 Å². The molecule has 2 rings (SSSR count). The largest absolute Gasteiger partial charge is 0.503 e. The Balaban J connectivity index is 2.60. The predicted molar refractivity (Wildman–Crippen MR) is 99.8 cm³/mol. The lowest BCUT2D eigenvalue weighted by Crippen LogP contribution is -2.24. The fraction of sp³-hybridized carbons (Fsp3) is 0.333. The van der Waals surface area contributed by atoms with E-state index in [1.165, 1.54) is 23.8 Å². The van der Waals surface area contributed by atoms with Gasteiger partial charge >= 0.3 is 0 Å². The molecule has 0 spiro atoms. The SMILES string of the molecule is [C-]#[N+]c1c(C)c(C=C=Cc2c(C)[nH]n(CCO)c2=O)c(=O)n(CCO)c1O. The summed E-state index contributed by atoms with van der Waals surface area (Å²) in [5.41, 5.74) is 3.11. The van der Waals surface area contributed by atoms with Crippen molar-refractivity contribution in [3.63, 3.8) is 0 Å². The van der Waals surface area contributed by atoms with Crippen molar-refractivity contribution in [2.24, 2.45) is 0 Å².